The molecule has 2 aromatic rings. The fraction of sp³-hybridized carbons (Fsp3) is 0.806. The molecule has 0 fully saturated rings. The summed E-state index contributed by atoms with van der Waals surface area (Å²) in [6.07, 6.45) is 25.3. The van der Waals surface area contributed by atoms with Crippen LogP contribution >= 0.6 is 0 Å². The highest BCUT2D eigenvalue weighted by atomic mass is 16.2. The van der Waals surface area contributed by atoms with E-state index in [-0.39, 0.29) is 17.2 Å². The van der Waals surface area contributed by atoms with E-state index in [0.29, 0.717) is 24.1 Å². The van der Waals surface area contributed by atoms with E-state index in [9.17, 15) is 14.4 Å². The van der Waals surface area contributed by atoms with Gasteiger partial charge in [-0.1, -0.05) is 110 Å². The smallest absolute Gasteiger partial charge is 0.332 e. The lowest BCUT2D eigenvalue weighted by molar-refractivity contribution is -0.121. The van der Waals surface area contributed by atoms with E-state index in [2.05, 4.69) is 17.2 Å². The van der Waals surface area contributed by atoms with Crippen molar-refractivity contribution in [2.24, 2.45) is 14.1 Å². The molecule has 0 aromatic carbocycles. The van der Waals surface area contributed by atoms with E-state index < -0.39 is 0 Å². The molecule has 0 aliphatic carbocycles. The predicted octanol–water partition coefficient (Wildman–Crippen LogP) is 6.37. The molecule has 0 saturated carbocycles. The Morgan fingerprint density at radius 3 is 1.85 bits per heavy atom. The SMILES string of the molecule is CCCCCCCCCCCCCNC(=O)CCCCCCCCCCn1c(=O)c2c(ncn2C)n(C)c1=O. The molecule has 8 heteroatoms. The first kappa shape index (κ1) is 32.8. The minimum absolute atomic E-state index is 0.202. The Labute approximate surface area is 235 Å². The lowest BCUT2D eigenvalue weighted by Crippen LogP contribution is -2.39. The second-order valence-electron chi connectivity index (χ2n) is 11.3. The zero-order chi connectivity index (χ0) is 28.3. The van der Waals surface area contributed by atoms with Crippen LogP contribution in [-0.4, -0.2) is 31.1 Å². The second kappa shape index (κ2) is 19.6. The second-order valence-corrected chi connectivity index (χ2v) is 11.3. The van der Waals surface area contributed by atoms with Crippen LogP contribution in [0.15, 0.2) is 15.9 Å². The van der Waals surface area contributed by atoms with Crippen LogP contribution in [0.5, 0.6) is 0 Å². The van der Waals surface area contributed by atoms with Gasteiger partial charge in [-0.2, -0.15) is 0 Å². The number of unbranched alkanes of at least 4 members (excludes halogenated alkanes) is 17. The van der Waals surface area contributed by atoms with Crippen molar-refractivity contribution in [1.29, 1.82) is 0 Å². The summed E-state index contributed by atoms with van der Waals surface area (Å²) in [5, 5.41) is 3.08. The third-order valence-electron chi connectivity index (χ3n) is 7.84. The van der Waals surface area contributed by atoms with Crippen LogP contribution in [-0.2, 0) is 25.4 Å². The number of rotatable bonds is 23. The summed E-state index contributed by atoms with van der Waals surface area (Å²) in [4.78, 5) is 41.5. The van der Waals surface area contributed by atoms with E-state index in [1.54, 1.807) is 25.0 Å². The Bertz CT molecular complexity index is 1070. The molecule has 222 valence electrons. The summed E-state index contributed by atoms with van der Waals surface area (Å²) in [5.41, 5.74) is 0.357. The number of imidazole rings is 1. The molecule has 0 aliphatic rings. The van der Waals surface area contributed by atoms with E-state index >= 15 is 0 Å². The number of fused-ring (bicyclic) bond motifs is 1. The first-order valence-electron chi connectivity index (χ1n) is 15.8. The van der Waals surface area contributed by atoms with Crippen LogP contribution in [0.4, 0.5) is 0 Å². The van der Waals surface area contributed by atoms with Crippen molar-refractivity contribution in [3.05, 3.63) is 27.2 Å². The number of amides is 1. The van der Waals surface area contributed by atoms with Gasteiger partial charge < -0.3 is 9.88 Å². The van der Waals surface area contributed by atoms with Gasteiger partial charge in [-0.05, 0) is 19.3 Å². The molecule has 39 heavy (non-hydrogen) atoms. The Kier molecular flexibility index (Phi) is 16.5. The molecular formula is C31H55N5O3. The van der Waals surface area contributed by atoms with E-state index in [1.807, 2.05) is 0 Å². The molecule has 1 amide bonds. The number of hydrogen-bond donors (Lipinski definition) is 1. The monoisotopic (exact) mass is 545 g/mol. The maximum Gasteiger partial charge on any atom is 0.332 e. The lowest BCUT2D eigenvalue weighted by Gasteiger charge is -2.08. The normalized spacial score (nSPS) is 11.5. The Balaban J connectivity index is 1.39. The van der Waals surface area contributed by atoms with Crippen molar-refractivity contribution in [1.82, 2.24) is 24.0 Å². The van der Waals surface area contributed by atoms with Crippen molar-refractivity contribution in [3.8, 4) is 0 Å². The zero-order valence-electron chi connectivity index (χ0n) is 25.1. The average molecular weight is 546 g/mol. The van der Waals surface area contributed by atoms with Gasteiger partial charge in [0.1, 0.15) is 0 Å². The number of nitrogens with zero attached hydrogens (tertiary/aromatic N) is 4. The first-order chi connectivity index (χ1) is 19.0. The number of hydrogen-bond acceptors (Lipinski definition) is 4. The molecule has 0 saturated heterocycles. The quantitative estimate of drug-likeness (QED) is 0.164. The fourth-order valence-corrected chi connectivity index (χ4v) is 5.31. The number of aromatic nitrogens is 4. The van der Waals surface area contributed by atoms with E-state index in [4.69, 9.17) is 0 Å². The van der Waals surface area contributed by atoms with Gasteiger partial charge >= 0.3 is 5.69 Å². The van der Waals surface area contributed by atoms with Crippen LogP contribution in [0, 0.1) is 0 Å². The highest BCUT2D eigenvalue weighted by Crippen LogP contribution is 2.12. The van der Waals surface area contributed by atoms with Gasteiger partial charge in [0.15, 0.2) is 11.2 Å². The molecule has 2 aromatic heterocycles. The third-order valence-corrected chi connectivity index (χ3v) is 7.84. The number of nitrogens with one attached hydrogen (secondary N) is 1. The summed E-state index contributed by atoms with van der Waals surface area (Å²) in [5.74, 6) is 0.202. The first-order valence-corrected chi connectivity index (χ1v) is 15.8. The fourth-order valence-electron chi connectivity index (χ4n) is 5.31. The summed E-state index contributed by atoms with van der Waals surface area (Å²) < 4.78 is 4.47. The molecule has 8 nitrogen and oxygen atoms in total. The Hall–Kier alpha value is -2.38. The highest BCUT2D eigenvalue weighted by molar-refractivity contribution is 5.75. The molecule has 1 N–H and O–H groups in total. The van der Waals surface area contributed by atoms with Crippen molar-refractivity contribution < 1.29 is 4.79 Å². The molecule has 0 aliphatic heterocycles. The van der Waals surface area contributed by atoms with Gasteiger partial charge in [-0.15, -0.1) is 0 Å². The molecular weight excluding hydrogens is 490 g/mol. The van der Waals surface area contributed by atoms with E-state index in [1.165, 1.54) is 79.8 Å². The molecule has 0 unspecified atom stereocenters. The molecule has 0 radical (unpaired) electrons. The van der Waals surface area contributed by atoms with Crippen LogP contribution in [0.25, 0.3) is 11.2 Å². The molecule has 0 atom stereocenters. The zero-order valence-corrected chi connectivity index (χ0v) is 25.1. The minimum Gasteiger partial charge on any atom is -0.356 e. The van der Waals surface area contributed by atoms with Crippen molar-refractivity contribution >= 4 is 17.1 Å². The maximum atomic E-state index is 12.7. The Morgan fingerprint density at radius 2 is 1.26 bits per heavy atom. The van der Waals surface area contributed by atoms with Gasteiger partial charge in [-0.3, -0.25) is 18.7 Å². The van der Waals surface area contributed by atoms with Gasteiger partial charge in [0.2, 0.25) is 5.91 Å². The molecule has 2 rings (SSSR count). The number of aryl methyl sites for hydroxylation is 2. The summed E-state index contributed by atoms with van der Waals surface area (Å²) >= 11 is 0. The molecule has 0 bridgehead atoms. The van der Waals surface area contributed by atoms with Crippen LogP contribution in [0.2, 0.25) is 0 Å². The maximum absolute atomic E-state index is 12.7. The average Bonchev–Trinajstić information content (AvgIpc) is 3.32. The summed E-state index contributed by atoms with van der Waals surface area (Å²) in [6, 6.07) is 0. The van der Waals surface area contributed by atoms with E-state index in [0.717, 1.165) is 57.9 Å². The van der Waals surface area contributed by atoms with Crippen molar-refractivity contribution in [2.75, 3.05) is 6.54 Å². The summed E-state index contributed by atoms with van der Waals surface area (Å²) in [6.45, 7) is 3.53. The van der Waals surface area contributed by atoms with Gasteiger partial charge in [-0.25, -0.2) is 9.78 Å². The standard InChI is InChI=1S/C31H55N5O3/c1-4-5-6-7-8-9-10-12-15-18-21-24-32-27(37)23-20-17-14-11-13-16-19-22-25-36-30(38)28-29(33-26-34(28)2)35(3)31(36)39/h26H,4-25H2,1-3H3,(H,32,37). The van der Waals surface area contributed by atoms with Gasteiger partial charge in [0, 0.05) is 33.6 Å². The molecule has 0 spiro atoms. The Morgan fingerprint density at radius 1 is 0.744 bits per heavy atom. The third kappa shape index (κ3) is 12.1. The van der Waals surface area contributed by atoms with Crippen LogP contribution in [0.1, 0.15) is 135 Å². The summed E-state index contributed by atoms with van der Waals surface area (Å²) in [7, 11) is 3.44. The van der Waals surface area contributed by atoms with Crippen LogP contribution < -0.4 is 16.6 Å². The van der Waals surface area contributed by atoms with Crippen LogP contribution in [0.3, 0.4) is 0 Å². The topological polar surface area (TPSA) is 90.9 Å². The predicted molar refractivity (Wildman–Crippen MR) is 161 cm³/mol. The van der Waals surface area contributed by atoms with Gasteiger partial charge in [0.05, 0.1) is 6.33 Å². The van der Waals surface area contributed by atoms with Crippen molar-refractivity contribution in [3.63, 3.8) is 0 Å². The van der Waals surface area contributed by atoms with Crippen molar-refractivity contribution in [2.45, 2.75) is 142 Å². The minimum atomic E-state index is -0.297. The number of carbonyl (C=O) groups is 1. The molecule has 2 heterocycles. The highest BCUT2D eigenvalue weighted by Gasteiger charge is 2.14. The van der Waals surface area contributed by atoms with Gasteiger partial charge in [0.25, 0.3) is 5.56 Å². The largest absolute Gasteiger partial charge is 0.356 e. The number of carbonyl (C=O) groups excluding carboxylic acids is 1. The lowest BCUT2D eigenvalue weighted by atomic mass is 10.1.